The van der Waals surface area contributed by atoms with Crippen LogP contribution in [0.25, 0.3) is 0 Å². The predicted molar refractivity (Wildman–Crippen MR) is 50.9 cm³/mol. The summed E-state index contributed by atoms with van der Waals surface area (Å²) in [4.78, 5) is 15.0. The molecular weight excluding hydrogens is 180 g/mol. The van der Waals surface area contributed by atoms with E-state index in [0.717, 1.165) is 25.7 Å². The van der Waals surface area contributed by atoms with Crippen LogP contribution in [0.2, 0.25) is 0 Å². The molecule has 1 aromatic rings. The number of nitrogens with zero attached hydrogens (tertiary/aromatic N) is 2. The SMILES string of the molecule is O=C(O)[C@H]1CCCC[C@@H]1n1ccnc1. The van der Waals surface area contributed by atoms with E-state index in [1.54, 1.807) is 12.5 Å². The smallest absolute Gasteiger partial charge is 0.308 e. The summed E-state index contributed by atoms with van der Waals surface area (Å²) in [5, 5.41) is 9.07. The lowest BCUT2D eigenvalue weighted by molar-refractivity contribution is -0.144. The number of aliphatic carboxylic acids is 1. The van der Waals surface area contributed by atoms with E-state index in [4.69, 9.17) is 5.11 Å². The normalized spacial score (nSPS) is 27.4. The molecule has 1 aromatic heterocycles. The fourth-order valence-corrected chi connectivity index (χ4v) is 2.22. The van der Waals surface area contributed by atoms with Crippen molar-refractivity contribution in [2.75, 3.05) is 0 Å². The molecule has 2 rings (SSSR count). The van der Waals surface area contributed by atoms with Gasteiger partial charge >= 0.3 is 5.97 Å². The Bertz CT molecular complexity index is 308. The highest BCUT2D eigenvalue weighted by Crippen LogP contribution is 2.33. The van der Waals surface area contributed by atoms with Gasteiger partial charge in [-0.25, -0.2) is 4.98 Å². The largest absolute Gasteiger partial charge is 0.481 e. The van der Waals surface area contributed by atoms with Crippen molar-refractivity contribution in [1.82, 2.24) is 9.55 Å². The maximum absolute atomic E-state index is 11.0. The summed E-state index contributed by atoms with van der Waals surface area (Å²) < 4.78 is 1.93. The maximum Gasteiger partial charge on any atom is 0.308 e. The minimum absolute atomic E-state index is 0.101. The summed E-state index contributed by atoms with van der Waals surface area (Å²) >= 11 is 0. The topological polar surface area (TPSA) is 55.1 Å². The van der Waals surface area contributed by atoms with Crippen LogP contribution in [0, 0.1) is 5.92 Å². The summed E-state index contributed by atoms with van der Waals surface area (Å²) in [5.74, 6) is -0.915. The number of rotatable bonds is 2. The van der Waals surface area contributed by atoms with Gasteiger partial charge in [0.15, 0.2) is 0 Å². The minimum atomic E-state index is -0.677. The molecule has 0 bridgehead atoms. The molecule has 1 fully saturated rings. The van der Waals surface area contributed by atoms with Gasteiger partial charge in [-0.1, -0.05) is 12.8 Å². The Balaban J connectivity index is 2.18. The van der Waals surface area contributed by atoms with Gasteiger partial charge in [0.2, 0.25) is 0 Å². The van der Waals surface area contributed by atoms with Gasteiger partial charge in [-0.05, 0) is 12.8 Å². The van der Waals surface area contributed by atoms with Gasteiger partial charge in [0.25, 0.3) is 0 Å². The molecule has 0 aromatic carbocycles. The first-order valence-electron chi connectivity index (χ1n) is 4.99. The molecule has 4 heteroatoms. The third kappa shape index (κ3) is 1.64. The number of imidazole rings is 1. The van der Waals surface area contributed by atoms with E-state index in [2.05, 4.69) is 4.98 Å². The van der Waals surface area contributed by atoms with E-state index in [-0.39, 0.29) is 12.0 Å². The molecule has 0 aliphatic heterocycles. The molecule has 2 atom stereocenters. The number of carbonyl (C=O) groups is 1. The Morgan fingerprint density at radius 1 is 1.43 bits per heavy atom. The average molecular weight is 194 g/mol. The lowest BCUT2D eigenvalue weighted by atomic mass is 9.84. The number of hydrogen-bond acceptors (Lipinski definition) is 2. The van der Waals surface area contributed by atoms with Crippen LogP contribution in [0.4, 0.5) is 0 Å². The lowest BCUT2D eigenvalue weighted by Crippen LogP contribution is -2.28. The second kappa shape index (κ2) is 3.82. The van der Waals surface area contributed by atoms with Crippen LogP contribution >= 0.6 is 0 Å². The Hall–Kier alpha value is -1.32. The van der Waals surface area contributed by atoms with Crippen molar-refractivity contribution >= 4 is 5.97 Å². The molecule has 0 unspecified atom stereocenters. The predicted octanol–water partition coefficient (Wildman–Crippen LogP) is 1.70. The molecule has 0 spiro atoms. The van der Waals surface area contributed by atoms with Crippen molar-refractivity contribution in [3.8, 4) is 0 Å². The first kappa shape index (κ1) is 9.24. The van der Waals surface area contributed by atoms with Gasteiger partial charge in [0.1, 0.15) is 0 Å². The van der Waals surface area contributed by atoms with E-state index in [9.17, 15) is 4.79 Å². The van der Waals surface area contributed by atoms with Crippen LogP contribution < -0.4 is 0 Å². The van der Waals surface area contributed by atoms with Gasteiger partial charge in [-0.3, -0.25) is 4.79 Å². The van der Waals surface area contributed by atoms with Gasteiger partial charge in [-0.2, -0.15) is 0 Å². The number of carboxylic acid groups (broad SMARTS) is 1. The summed E-state index contributed by atoms with van der Waals surface area (Å²) in [6.45, 7) is 0. The Kier molecular flexibility index (Phi) is 2.52. The van der Waals surface area contributed by atoms with Gasteiger partial charge in [0, 0.05) is 18.4 Å². The highest BCUT2D eigenvalue weighted by atomic mass is 16.4. The van der Waals surface area contributed by atoms with Crippen molar-refractivity contribution in [2.45, 2.75) is 31.7 Å². The van der Waals surface area contributed by atoms with Gasteiger partial charge in [0.05, 0.1) is 12.2 Å². The fourth-order valence-electron chi connectivity index (χ4n) is 2.22. The highest BCUT2D eigenvalue weighted by Gasteiger charge is 2.31. The van der Waals surface area contributed by atoms with Crippen LogP contribution in [0.15, 0.2) is 18.7 Å². The molecule has 1 N–H and O–H groups in total. The molecule has 0 radical (unpaired) electrons. The van der Waals surface area contributed by atoms with Crippen LogP contribution in [-0.4, -0.2) is 20.6 Å². The fraction of sp³-hybridized carbons (Fsp3) is 0.600. The maximum atomic E-state index is 11.0. The second-order valence-corrected chi connectivity index (χ2v) is 3.81. The van der Waals surface area contributed by atoms with E-state index in [0.29, 0.717) is 0 Å². The zero-order chi connectivity index (χ0) is 9.97. The summed E-state index contributed by atoms with van der Waals surface area (Å²) in [6.07, 6.45) is 9.16. The molecule has 14 heavy (non-hydrogen) atoms. The summed E-state index contributed by atoms with van der Waals surface area (Å²) in [5.41, 5.74) is 0. The third-order valence-electron chi connectivity index (χ3n) is 2.95. The Morgan fingerprint density at radius 2 is 2.21 bits per heavy atom. The second-order valence-electron chi connectivity index (χ2n) is 3.81. The van der Waals surface area contributed by atoms with Crippen molar-refractivity contribution in [1.29, 1.82) is 0 Å². The number of aromatic nitrogens is 2. The standard InChI is InChI=1S/C10H14N2O2/c13-10(14)8-3-1-2-4-9(8)12-6-5-11-7-12/h5-9H,1-4H2,(H,13,14)/t8-,9-/m0/s1. The van der Waals surface area contributed by atoms with Crippen LogP contribution in [-0.2, 0) is 4.79 Å². The first-order valence-corrected chi connectivity index (χ1v) is 4.99. The molecule has 1 aliphatic carbocycles. The van der Waals surface area contributed by atoms with Crippen molar-refractivity contribution in [3.63, 3.8) is 0 Å². The molecular formula is C10H14N2O2. The minimum Gasteiger partial charge on any atom is -0.481 e. The highest BCUT2D eigenvalue weighted by molar-refractivity contribution is 5.70. The van der Waals surface area contributed by atoms with Gasteiger partial charge in [-0.15, -0.1) is 0 Å². The zero-order valence-electron chi connectivity index (χ0n) is 7.97. The Morgan fingerprint density at radius 3 is 2.86 bits per heavy atom. The van der Waals surface area contributed by atoms with Crippen LogP contribution in [0.1, 0.15) is 31.7 Å². The van der Waals surface area contributed by atoms with E-state index >= 15 is 0 Å². The molecule has 0 amide bonds. The van der Waals surface area contributed by atoms with E-state index in [1.165, 1.54) is 0 Å². The first-order chi connectivity index (χ1) is 6.79. The average Bonchev–Trinajstić information content (AvgIpc) is 2.70. The lowest BCUT2D eigenvalue weighted by Gasteiger charge is -2.29. The molecule has 1 heterocycles. The summed E-state index contributed by atoms with van der Waals surface area (Å²) in [7, 11) is 0. The van der Waals surface area contributed by atoms with Crippen LogP contribution in [0.3, 0.4) is 0 Å². The van der Waals surface area contributed by atoms with Crippen molar-refractivity contribution < 1.29 is 9.90 Å². The molecule has 1 saturated carbocycles. The van der Waals surface area contributed by atoms with Gasteiger partial charge < -0.3 is 9.67 Å². The van der Waals surface area contributed by atoms with E-state index < -0.39 is 5.97 Å². The zero-order valence-corrected chi connectivity index (χ0v) is 7.97. The van der Waals surface area contributed by atoms with Crippen molar-refractivity contribution in [2.24, 2.45) is 5.92 Å². The monoisotopic (exact) mass is 194 g/mol. The molecule has 0 saturated heterocycles. The van der Waals surface area contributed by atoms with Crippen LogP contribution in [0.5, 0.6) is 0 Å². The Labute approximate surface area is 82.6 Å². The third-order valence-corrected chi connectivity index (χ3v) is 2.95. The van der Waals surface area contributed by atoms with Crippen molar-refractivity contribution in [3.05, 3.63) is 18.7 Å². The molecule has 1 aliphatic rings. The molecule has 76 valence electrons. The number of hydrogen-bond donors (Lipinski definition) is 1. The van der Waals surface area contributed by atoms with E-state index in [1.807, 2.05) is 10.8 Å². The quantitative estimate of drug-likeness (QED) is 0.779. The molecule has 4 nitrogen and oxygen atoms in total. The summed E-state index contributed by atoms with van der Waals surface area (Å²) in [6, 6.07) is 0.101. The number of carboxylic acids is 1.